The topological polar surface area (TPSA) is 46.6 Å². The van der Waals surface area contributed by atoms with E-state index in [2.05, 4.69) is 0 Å². The number of hydrogen-bond donors (Lipinski definition) is 0. The summed E-state index contributed by atoms with van der Waals surface area (Å²) in [5, 5.41) is 0. The van der Waals surface area contributed by atoms with Gasteiger partial charge in [0.15, 0.2) is 9.84 Å². The van der Waals surface area contributed by atoms with Gasteiger partial charge >= 0.3 is 12.1 Å². The van der Waals surface area contributed by atoms with Crippen molar-refractivity contribution < 1.29 is 39.5 Å². The average molecular weight is 473 g/mol. The number of halogens is 6. The fraction of sp³-hybridized carbons (Fsp3) is 0.700. The molecule has 0 N–H and O–H groups in total. The molecule has 2 aliphatic rings. The summed E-state index contributed by atoms with van der Waals surface area (Å²) >= 11 is 0. The van der Waals surface area contributed by atoms with Crippen LogP contribution in [0.5, 0.6) is 5.75 Å². The molecule has 1 saturated carbocycles. The molecular weight excluding hydrogens is 448 g/mol. The molecule has 1 aromatic carbocycles. The van der Waals surface area contributed by atoms with Gasteiger partial charge < -0.3 is 4.74 Å². The lowest BCUT2D eigenvalue weighted by Gasteiger charge is -2.34. The highest BCUT2D eigenvalue weighted by Crippen LogP contribution is 2.50. The number of hydrogen-bond acceptors (Lipinski definition) is 4. The van der Waals surface area contributed by atoms with Gasteiger partial charge in [-0.05, 0) is 68.7 Å². The number of likely N-dealkylation sites (tertiary alicyclic amines) is 1. The fourth-order valence-electron chi connectivity index (χ4n) is 4.29. The molecule has 1 aliphatic carbocycles. The lowest BCUT2D eigenvalue weighted by atomic mass is 9.90. The van der Waals surface area contributed by atoms with Crippen LogP contribution in [-0.4, -0.2) is 57.9 Å². The van der Waals surface area contributed by atoms with Gasteiger partial charge in [-0.15, -0.1) is 0 Å². The fourth-order valence-corrected chi connectivity index (χ4v) is 5.02. The van der Waals surface area contributed by atoms with Crippen molar-refractivity contribution in [1.82, 2.24) is 4.90 Å². The van der Waals surface area contributed by atoms with E-state index in [-0.39, 0.29) is 23.7 Å². The third-order valence-electron chi connectivity index (χ3n) is 6.11. The quantitative estimate of drug-likeness (QED) is 0.520. The van der Waals surface area contributed by atoms with E-state index in [1.54, 1.807) is 0 Å². The average Bonchev–Trinajstić information content (AvgIpc) is 3.39. The monoisotopic (exact) mass is 473 g/mol. The van der Waals surface area contributed by atoms with Gasteiger partial charge in [-0.1, -0.05) is 0 Å². The predicted molar refractivity (Wildman–Crippen MR) is 101 cm³/mol. The molecule has 0 aromatic heterocycles. The van der Waals surface area contributed by atoms with Crippen molar-refractivity contribution in [2.45, 2.75) is 42.7 Å². The first-order valence-corrected chi connectivity index (χ1v) is 12.0. The second-order valence-corrected chi connectivity index (χ2v) is 10.5. The van der Waals surface area contributed by atoms with E-state index in [4.69, 9.17) is 4.74 Å². The molecule has 0 spiro atoms. The van der Waals surface area contributed by atoms with Gasteiger partial charge in [0.05, 0.1) is 13.2 Å². The van der Waals surface area contributed by atoms with Crippen LogP contribution in [0.3, 0.4) is 0 Å². The summed E-state index contributed by atoms with van der Waals surface area (Å²) in [4.78, 5) is 0.792. The maximum atomic E-state index is 13.9. The number of rotatable bonds is 8. The number of piperidine rings is 1. The summed E-state index contributed by atoms with van der Waals surface area (Å²) < 4.78 is 106. The highest BCUT2D eigenvalue weighted by Gasteiger charge is 2.58. The highest BCUT2D eigenvalue weighted by molar-refractivity contribution is 7.90. The molecule has 0 amide bonds. The Bertz CT molecular complexity index is 881. The molecule has 2 atom stereocenters. The van der Waals surface area contributed by atoms with Gasteiger partial charge in [-0.2, -0.15) is 22.0 Å². The highest BCUT2D eigenvalue weighted by atomic mass is 32.2. The van der Waals surface area contributed by atoms with Crippen LogP contribution in [0.15, 0.2) is 23.1 Å². The first-order chi connectivity index (χ1) is 14.3. The zero-order valence-corrected chi connectivity index (χ0v) is 17.8. The van der Waals surface area contributed by atoms with Crippen LogP contribution in [0.1, 0.15) is 25.7 Å². The number of sulfone groups is 1. The van der Waals surface area contributed by atoms with Crippen LogP contribution < -0.4 is 4.74 Å². The third kappa shape index (κ3) is 6.06. The Kier molecular flexibility index (Phi) is 6.86. The first kappa shape index (κ1) is 24.2. The smallest absolute Gasteiger partial charge is 0.454 e. The molecule has 3 rings (SSSR count). The van der Waals surface area contributed by atoms with Crippen LogP contribution in [0, 0.1) is 23.6 Å². The summed E-state index contributed by atoms with van der Waals surface area (Å²) in [6.45, 7) is -0.515. The number of benzene rings is 1. The molecule has 1 saturated heterocycles. The largest absolute Gasteiger partial charge is 0.493 e. The second kappa shape index (κ2) is 8.80. The third-order valence-corrected chi connectivity index (χ3v) is 7.24. The van der Waals surface area contributed by atoms with Gasteiger partial charge in [0.25, 0.3) is 0 Å². The van der Waals surface area contributed by atoms with E-state index in [0.29, 0.717) is 43.6 Å². The van der Waals surface area contributed by atoms with Crippen LogP contribution in [0.4, 0.5) is 26.3 Å². The van der Waals surface area contributed by atoms with Crippen molar-refractivity contribution >= 4 is 9.84 Å². The Morgan fingerprint density at radius 1 is 1.13 bits per heavy atom. The van der Waals surface area contributed by atoms with Crippen LogP contribution in [0.25, 0.3) is 0 Å². The molecule has 176 valence electrons. The van der Waals surface area contributed by atoms with Crippen molar-refractivity contribution in [2.75, 3.05) is 32.5 Å². The SMILES string of the molecule is CS(=O)(=O)c1ccc(OCC[C@@H]2C[C@@H]2C2CCN(CC(F)(F)C(F)(F)F)CC2)cc1F. The minimum atomic E-state index is -5.53. The summed E-state index contributed by atoms with van der Waals surface area (Å²) in [6.07, 6.45) is -1.76. The number of nitrogens with zero attached hydrogens (tertiary/aromatic N) is 1. The molecule has 11 heteroatoms. The first-order valence-electron chi connectivity index (χ1n) is 10.1. The summed E-state index contributed by atoms with van der Waals surface area (Å²) in [5.74, 6) is -4.25. The summed E-state index contributed by atoms with van der Waals surface area (Å²) in [6, 6.07) is 3.60. The van der Waals surface area contributed by atoms with E-state index in [0.717, 1.165) is 24.8 Å². The van der Waals surface area contributed by atoms with E-state index >= 15 is 0 Å². The maximum Gasteiger partial charge on any atom is 0.454 e. The van der Waals surface area contributed by atoms with Crippen LogP contribution in [0.2, 0.25) is 0 Å². The van der Waals surface area contributed by atoms with Gasteiger partial charge in [0.2, 0.25) is 0 Å². The Balaban J connectivity index is 1.39. The Labute approximate surface area is 177 Å². The predicted octanol–water partition coefficient (Wildman–Crippen LogP) is 4.54. The Morgan fingerprint density at radius 3 is 2.32 bits per heavy atom. The van der Waals surface area contributed by atoms with Crippen LogP contribution in [-0.2, 0) is 9.84 Å². The van der Waals surface area contributed by atoms with E-state index in [9.17, 15) is 34.8 Å². The lowest BCUT2D eigenvalue weighted by Crippen LogP contribution is -2.49. The molecule has 4 nitrogen and oxygen atoms in total. The zero-order valence-electron chi connectivity index (χ0n) is 17.0. The summed E-state index contributed by atoms with van der Waals surface area (Å²) in [7, 11) is -3.65. The van der Waals surface area contributed by atoms with Crippen molar-refractivity contribution in [1.29, 1.82) is 0 Å². The molecule has 0 radical (unpaired) electrons. The van der Waals surface area contributed by atoms with Crippen molar-refractivity contribution in [3.05, 3.63) is 24.0 Å². The molecule has 1 aromatic rings. The molecule has 31 heavy (non-hydrogen) atoms. The second-order valence-electron chi connectivity index (χ2n) is 8.48. The van der Waals surface area contributed by atoms with Crippen molar-refractivity contribution in [3.63, 3.8) is 0 Å². The molecule has 2 fully saturated rings. The molecular formula is C20H25F6NO3S. The molecule has 1 aliphatic heterocycles. The minimum Gasteiger partial charge on any atom is -0.493 e. The summed E-state index contributed by atoms with van der Waals surface area (Å²) in [5.41, 5.74) is 0. The Morgan fingerprint density at radius 2 is 1.77 bits per heavy atom. The van der Waals surface area contributed by atoms with Crippen molar-refractivity contribution in [2.24, 2.45) is 17.8 Å². The minimum absolute atomic E-state index is 0.224. The van der Waals surface area contributed by atoms with Gasteiger partial charge in [0, 0.05) is 12.3 Å². The van der Waals surface area contributed by atoms with Gasteiger partial charge in [0.1, 0.15) is 16.5 Å². The molecule has 1 heterocycles. The van der Waals surface area contributed by atoms with E-state index < -0.39 is 34.3 Å². The normalized spacial score (nSPS) is 23.7. The number of ether oxygens (including phenoxy) is 1. The van der Waals surface area contributed by atoms with E-state index in [1.807, 2.05) is 0 Å². The van der Waals surface area contributed by atoms with Gasteiger partial charge in [-0.25, -0.2) is 12.8 Å². The molecule has 0 unspecified atom stereocenters. The Hall–Kier alpha value is -1.49. The zero-order chi connectivity index (χ0) is 23.0. The van der Waals surface area contributed by atoms with Gasteiger partial charge in [-0.3, -0.25) is 4.90 Å². The van der Waals surface area contributed by atoms with E-state index in [1.165, 1.54) is 11.0 Å². The van der Waals surface area contributed by atoms with Crippen LogP contribution >= 0.6 is 0 Å². The maximum absolute atomic E-state index is 13.9. The standard InChI is InChI=1S/C20H25F6NO3S/c1-31(28,29)18-3-2-15(11-17(18)21)30-9-6-14-10-16(14)13-4-7-27(8-5-13)12-19(22,23)20(24,25)26/h2-3,11,13-14,16H,4-10,12H2,1H3/t14-,16-/m1/s1. The molecule has 0 bridgehead atoms. The number of alkyl halides is 5. The van der Waals surface area contributed by atoms with Crippen molar-refractivity contribution in [3.8, 4) is 5.75 Å². The lowest BCUT2D eigenvalue weighted by molar-refractivity contribution is -0.287.